The molecule has 200 valence electrons. The number of hydrogen-bond acceptors (Lipinski definition) is 5. The van der Waals surface area contributed by atoms with E-state index in [2.05, 4.69) is 22.8 Å². The minimum Gasteiger partial charge on any atom is -0.480 e. The van der Waals surface area contributed by atoms with Crippen molar-refractivity contribution >= 4 is 18.0 Å². The summed E-state index contributed by atoms with van der Waals surface area (Å²) in [5.74, 6) is -1.90. The van der Waals surface area contributed by atoms with Gasteiger partial charge in [0.2, 0.25) is 5.91 Å². The van der Waals surface area contributed by atoms with Gasteiger partial charge in [-0.25, -0.2) is 9.59 Å². The van der Waals surface area contributed by atoms with Crippen molar-refractivity contribution in [1.29, 1.82) is 0 Å². The molecule has 0 fully saturated rings. The zero-order chi connectivity index (χ0) is 27.4. The molecule has 2 atom stereocenters. The van der Waals surface area contributed by atoms with Crippen LogP contribution in [0.5, 0.6) is 0 Å². The number of alkyl carbamates (subject to hydrolysis) is 1. The Hall–Kier alpha value is -3.39. The number of carbonyl (C=O) groups is 3. The van der Waals surface area contributed by atoms with Crippen molar-refractivity contribution in [3.63, 3.8) is 0 Å². The van der Waals surface area contributed by atoms with Crippen LogP contribution in [0.15, 0.2) is 48.5 Å². The first kappa shape index (κ1) is 28.2. The number of hydrogen-bond donors (Lipinski definition) is 3. The van der Waals surface area contributed by atoms with Crippen molar-refractivity contribution in [2.45, 2.75) is 71.1 Å². The number of carboxylic acid groups (broad SMARTS) is 1. The Labute approximate surface area is 218 Å². The van der Waals surface area contributed by atoms with E-state index < -0.39 is 35.2 Å². The fourth-order valence-corrected chi connectivity index (χ4v) is 4.70. The van der Waals surface area contributed by atoms with Crippen LogP contribution in [0.25, 0.3) is 11.1 Å². The molecule has 0 spiro atoms. The number of benzene rings is 2. The monoisotopic (exact) mass is 510 g/mol. The lowest BCUT2D eigenvalue weighted by molar-refractivity contribution is -0.146. The van der Waals surface area contributed by atoms with Gasteiger partial charge >= 0.3 is 12.1 Å². The van der Waals surface area contributed by atoms with Crippen LogP contribution in [0.4, 0.5) is 4.79 Å². The van der Waals surface area contributed by atoms with Gasteiger partial charge in [-0.05, 0) is 62.3 Å². The molecule has 0 radical (unpaired) electrons. The summed E-state index contributed by atoms with van der Waals surface area (Å²) < 4.78 is 11.2. The number of carbonyl (C=O) groups excluding carboxylic acids is 2. The average molecular weight is 511 g/mol. The average Bonchev–Trinajstić information content (AvgIpc) is 3.12. The molecule has 0 saturated heterocycles. The smallest absolute Gasteiger partial charge is 0.408 e. The molecule has 8 heteroatoms. The molecule has 3 N–H and O–H groups in total. The van der Waals surface area contributed by atoms with Crippen molar-refractivity contribution in [1.82, 2.24) is 10.6 Å². The largest absolute Gasteiger partial charge is 0.480 e. The van der Waals surface area contributed by atoms with Gasteiger partial charge in [-0.3, -0.25) is 4.79 Å². The van der Waals surface area contributed by atoms with Gasteiger partial charge in [-0.1, -0.05) is 62.4 Å². The Morgan fingerprint density at radius 2 is 1.49 bits per heavy atom. The van der Waals surface area contributed by atoms with Gasteiger partial charge < -0.3 is 25.2 Å². The molecule has 2 aromatic carbocycles. The van der Waals surface area contributed by atoms with E-state index in [0.717, 1.165) is 22.3 Å². The molecule has 1 aliphatic carbocycles. The summed E-state index contributed by atoms with van der Waals surface area (Å²) in [6.07, 6.45) is -0.451. The highest BCUT2D eigenvalue weighted by Crippen LogP contribution is 2.44. The van der Waals surface area contributed by atoms with E-state index in [1.807, 2.05) is 50.2 Å². The Balaban J connectivity index is 1.70. The van der Waals surface area contributed by atoms with Crippen LogP contribution in [-0.4, -0.2) is 53.5 Å². The molecular weight excluding hydrogens is 472 g/mol. The van der Waals surface area contributed by atoms with Crippen molar-refractivity contribution in [3.05, 3.63) is 59.7 Å². The van der Waals surface area contributed by atoms with E-state index in [1.165, 1.54) is 0 Å². The number of amides is 2. The maximum atomic E-state index is 13.3. The summed E-state index contributed by atoms with van der Waals surface area (Å²) in [6, 6.07) is 14.8. The second-order valence-corrected chi connectivity index (χ2v) is 11.2. The molecule has 37 heavy (non-hydrogen) atoms. The zero-order valence-electron chi connectivity index (χ0n) is 22.5. The standard InChI is InChI=1S/C29H38N2O6/c1-18(2)15-29(6,26(34)30-24(25(32)33)17-37-28(3,4)5)31-27(35)36-16-23-21-13-9-7-11-19(21)20-12-8-10-14-22(20)23/h7-14,18,23-24H,15-17H2,1-6H3,(H,30,34)(H,31,35)(H,32,33). The minimum atomic E-state index is -1.38. The Bertz CT molecular complexity index is 1090. The molecule has 1 aliphatic rings. The van der Waals surface area contributed by atoms with E-state index >= 15 is 0 Å². The zero-order valence-corrected chi connectivity index (χ0v) is 22.5. The third-order valence-electron chi connectivity index (χ3n) is 6.33. The lowest BCUT2D eigenvalue weighted by Gasteiger charge is -2.32. The van der Waals surface area contributed by atoms with Crippen molar-refractivity contribution < 1.29 is 29.0 Å². The topological polar surface area (TPSA) is 114 Å². The van der Waals surface area contributed by atoms with Gasteiger partial charge in [-0.2, -0.15) is 0 Å². The second kappa shape index (κ2) is 11.3. The van der Waals surface area contributed by atoms with Crippen LogP contribution in [0, 0.1) is 5.92 Å². The number of nitrogens with one attached hydrogen (secondary N) is 2. The SMILES string of the molecule is CC(C)CC(C)(NC(=O)OCC1c2ccccc2-c2ccccc21)C(=O)NC(COC(C)(C)C)C(=O)O. The molecule has 2 amide bonds. The number of aliphatic carboxylic acids is 1. The fraction of sp³-hybridized carbons (Fsp3) is 0.483. The number of fused-ring (bicyclic) bond motifs is 3. The van der Waals surface area contributed by atoms with Crippen LogP contribution in [0.2, 0.25) is 0 Å². The van der Waals surface area contributed by atoms with Gasteiger partial charge in [-0.15, -0.1) is 0 Å². The van der Waals surface area contributed by atoms with E-state index in [0.29, 0.717) is 0 Å². The lowest BCUT2D eigenvalue weighted by Crippen LogP contribution is -2.61. The molecular formula is C29H38N2O6. The molecule has 0 heterocycles. The highest BCUT2D eigenvalue weighted by molar-refractivity contribution is 5.92. The molecule has 2 unspecified atom stereocenters. The molecule has 0 aliphatic heterocycles. The van der Waals surface area contributed by atoms with Crippen molar-refractivity contribution in [2.75, 3.05) is 13.2 Å². The minimum absolute atomic E-state index is 0.0405. The summed E-state index contributed by atoms with van der Waals surface area (Å²) in [4.78, 5) is 38.0. The van der Waals surface area contributed by atoms with Gasteiger partial charge in [0.15, 0.2) is 6.04 Å². The van der Waals surface area contributed by atoms with E-state index in [-0.39, 0.29) is 31.5 Å². The van der Waals surface area contributed by atoms with E-state index in [4.69, 9.17) is 9.47 Å². The van der Waals surface area contributed by atoms with E-state index in [9.17, 15) is 19.5 Å². The van der Waals surface area contributed by atoms with Crippen LogP contribution in [0.1, 0.15) is 65.0 Å². The van der Waals surface area contributed by atoms with Gasteiger partial charge in [0.1, 0.15) is 12.1 Å². The second-order valence-electron chi connectivity index (χ2n) is 11.2. The summed E-state index contributed by atoms with van der Waals surface area (Å²) in [7, 11) is 0. The number of ether oxygens (including phenoxy) is 2. The third-order valence-corrected chi connectivity index (χ3v) is 6.33. The van der Waals surface area contributed by atoms with Gasteiger partial charge in [0, 0.05) is 5.92 Å². The first-order valence-electron chi connectivity index (χ1n) is 12.6. The summed E-state index contributed by atoms with van der Waals surface area (Å²) in [5, 5.41) is 14.8. The van der Waals surface area contributed by atoms with Crippen LogP contribution in [-0.2, 0) is 19.1 Å². The van der Waals surface area contributed by atoms with Crippen molar-refractivity contribution in [2.24, 2.45) is 5.92 Å². The summed E-state index contributed by atoms with van der Waals surface area (Å²) in [5.41, 5.74) is 2.46. The highest BCUT2D eigenvalue weighted by Gasteiger charge is 2.39. The first-order chi connectivity index (χ1) is 17.3. The Morgan fingerprint density at radius 1 is 0.946 bits per heavy atom. The first-order valence-corrected chi connectivity index (χ1v) is 12.6. The van der Waals surface area contributed by atoms with Crippen molar-refractivity contribution in [3.8, 4) is 11.1 Å². The number of carboxylic acids is 1. The van der Waals surface area contributed by atoms with Gasteiger partial charge in [0.25, 0.3) is 0 Å². The molecule has 0 bridgehead atoms. The third kappa shape index (κ3) is 7.10. The molecule has 0 saturated carbocycles. The summed E-state index contributed by atoms with van der Waals surface area (Å²) >= 11 is 0. The maximum absolute atomic E-state index is 13.3. The van der Waals surface area contributed by atoms with Crippen LogP contribution < -0.4 is 10.6 Å². The quantitative estimate of drug-likeness (QED) is 0.426. The maximum Gasteiger partial charge on any atom is 0.408 e. The van der Waals surface area contributed by atoms with Gasteiger partial charge in [0.05, 0.1) is 12.2 Å². The van der Waals surface area contributed by atoms with E-state index in [1.54, 1.807) is 27.7 Å². The molecule has 0 aromatic heterocycles. The highest BCUT2D eigenvalue weighted by atomic mass is 16.5. The normalized spacial score (nSPS) is 15.3. The van der Waals surface area contributed by atoms with Crippen LogP contribution in [0.3, 0.4) is 0 Å². The Kier molecular flexibility index (Phi) is 8.64. The molecule has 8 nitrogen and oxygen atoms in total. The predicted molar refractivity (Wildman–Crippen MR) is 141 cm³/mol. The Morgan fingerprint density at radius 3 is 1.97 bits per heavy atom. The fourth-order valence-electron chi connectivity index (χ4n) is 4.70. The predicted octanol–water partition coefficient (Wildman–Crippen LogP) is 4.71. The molecule has 2 aromatic rings. The summed E-state index contributed by atoms with van der Waals surface area (Å²) in [6.45, 7) is 10.7. The molecule has 3 rings (SSSR count). The lowest BCUT2D eigenvalue weighted by atomic mass is 9.89. The number of rotatable bonds is 10. The van der Waals surface area contributed by atoms with Crippen LogP contribution >= 0.6 is 0 Å².